The number of hydrogen-bond acceptors (Lipinski definition) is 7. The summed E-state index contributed by atoms with van der Waals surface area (Å²) in [4.78, 5) is 25.1. The summed E-state index contributed by atoms with van der Waals surface area (Å²) in [5.41, 5.74) is 0. The Morgan fingerprint density at radius 2 is 0.873 bits per heavy atom. The van der Waals surface area contributed by atoms with E-state index in [1.165, 1.54) is 167 Å². The lowest BCUT2D eigenvalue weighted by Gasteiger charge is -2.28. The normalized spacial score (nSPS) is 13.8. The average Bonchev–Trinajstić information content (AvgIpc) is 3.24. The number of phosphoric acid groups is 1. The number of quaternary nitrogens is 1. The number of phosphoric ester groups is 1. The van der Waals surface area contributed by atoms with E-state index in [2.05, 4.69) is 50.3 Å². The van der Waals surface area contributed by atoms with E-state index in [0.29, 0.717) is 24.1 Å². The van der Waals surface area contributed by atoms with Crippen LogP contribution in [0.15, 0.2) is 36.5 Å². The lowest BCUT2D eigenvalue weighted by molar-refractivity contribution is -0.870. The lowest BCUT2D eigenvalue weighted by Crippen LogP contribution is -2.37. The fraction of sp³-hybridized carbons (Fsp3) is 0.870. The third-order valence-corrected chi connectivity index (χ3v) is 12.6. The smallest absolute Gasteiger partial charge is 0.306 e. The van der Waals surface area contributed by atoms with E-state index in [4.69, 9.17) is 18.5 Å². The maximum atomic E-state index is 12.7. The molecule has 0 saturated heterocycles. The highest BCUT2D eigenvalue weighted by atomic mass is 31.2. The van der Waals surface area contributed by atoms with Crippen LogP contribution in [0.5, 0.6) is 0 Å². The van der Waals surface area contributed by atoms with Gasteiger partial charge in [-0.1, -0.05) is 204 Å². The summed E-state index contributed by atoms with van der Waals surface area (Å²) in [5, 5.41) is 0. The van der Waals surface area contributed by atoms with Crippen molar-refractivity contribution in [1.29, 1.82) is 0 Å². The largest absolute Gasteiger partial charge is 0.756 e. The Labute approximate surface area is 391 Å². The average molecular weight is 910 g/mol. The zero-order valence-corrected chi connectivity index (χ0v) is 43.2. The van der Waals surface area contributed by atoms with E-state index < -0.39 is 13.9 Å². The van der Waals surface area contributed by atoms with Gasteiger partial charge in [0.05, 0.1) is 34.4 Å². The number of allylic oxidation sites excluding steroid dienone is 6. The van der Waals surface area contributed by atoms with Gasteiger partial charge in [0.15, 0.2) is 0 Å². The van der Waals surface area contributed by atoms with E-state index in [1.807, 2.05) is 21.1 Å². The zero-order chi connectivity index (χ0) is 46.2. The Kier molecular flexibility index (Phi) is 46.3. The number of esters is 1. The molecule has 9 heteroatoms. The maximum absolute atomic E-state index is 12.7. The molecule has 0 aromatic carbocycles. The summed E-state index contributed by atoms with van der Waals surface area (Å²) < 4.78 is 34.7. The van der Waals surface area contributed by atoms with Gasteiger partial charge in [-0.15, -0.1) is 0 Å². The number of nitrogens with zero attached hydrogens (tertiary/aromatic N) is 1. The highest BCUT2D eigenvalue weighted by molar-refractivity contribution is 7.45. The van der Waals surface area contributed by atoms with Crippen LogP contribution in [0.4, 0.5) is 0 Å². The second kappa shape index (κ2) is 47.2. The molecule has 0 rings (SSSR count). The van der Waals surface area contributed by atoms with Gasteiger partial charge in [0, 0.05) is 13.0 Å². The molecule has 2 unspecified atom stereocenters. The molecule has 0 fully saturated rings. The highest BCUT2D eigenvalue weighted by Gasteiger charge is 2.20. The van der Waals surface area contributed by atoms with Crippen LogP contribution in [0, 0.1) is 0 Å². The Bertz CT molecular complexity index is 1100. The third-order valence-electron chi connectivity index (χ3n) is 11.7. The minimum absolute atomic E-state index is 0.0239. The number of carbonyl (C=O) groups excluding carboxylic acids is 1. The first kappa shape index (κ1) is 61.7. The minimum atomic E-state index is -4.53. The molecule has 0 N–H and O–H groups in total. The van der Waals surface area contributed by atoms with Gasteiger partial charge in [-0.3, -0.25) is 9.36 Å². The third kappa shape index (κ3) is 51.6. The molecule has 0 spiro atoms. The first-order valence-corrected chi connectivity index (χ1v) is 28.2. The van der Waals surface area contributed by atoms with Crippen LogP contribution in [0.1, 0.15) is 245 Å². The van der Waals surface area contributed by atoms with Gasteiger partial charge in [0.25, 0.3) is 7.82 Å². The molecular formula is C54H104NO7P. The number of likely N-dealkylation sites (N-methyl/N-ethyl adjacent to an activating group) is 1. The van der Waals surface area contributed by atoms with E-state index >= 15 is 0 Å². The molecule has 0 aliphatic heterocycles. The first-order chi connectivity index (χ1) is 30.6. The van der Waals surface area contributed by atoms with Crippen molar-refractivity contribution in [3.05, 3.63) is 36.5 Å². The van der Waals surface area contributed by atoms with Crippen molar-refractivity contribution >= 4 is 13.8 Å². The van der Waals surface area contributed by atoms with Gasteiger partial charge < -0.3 is 27.9 Å². The summed E-state index contributed by atoms with van der Waals surface area (Å²) in [7, 11) is 1.35. The van der Waals surface area contributed by atoms with Crippen LogP contribution in [0.25, 0.3) is 0 Å². The predicted octanol–water partition coefficient (Wildman–Crippen LogP) is 15.9. The Balaban J connectivity index is 4.05. The van der Waals surface area contributed by atoms with Crippen molar-refractivity contribution in [3.63, 3.8) is 0 Å². The molecule has 0 aliphatic rings. The van der Waals surface area contributed by atoms with Gasteiger partial charge in [-0.05, 0) is 70.6 Å². The second-order valence-electron chi connectivity index (χ2n) is 19.2. The van der Waals surface area contributed by atoms with Crippen molar-refractivity contribution in [3.8, 4) is 0 Å². The number of ether oxygens (including phenoxy) is 2. The van der Waals surface area contributed by atoms with Crippen molar-refractivity contribution in [2.24, 2.45) is 0 Å². The molecule has 8 nitrogen and oxygen atoms in total. The molecule has 63 heavy (non-hydrogen) atoms. The minimum Gasteiger partial charge on any atom is -0.756 e. The lowest BCUT2D eigenvalue weighted by atomic mass is 10.0. The number of hydrogen-bond donors (Lipinski definition) is 0. The Morgan fingerprint density at radius 3 is 1.33 bits per heavy atom. The SMILES string of the molecule is CCCCC/C=C\C/C=C\CCCCCCCC(=O)OC(COCCCCCCCCCCCCCCCC/C=C\CCCCCCCCCC)COP(=O)([O-])OCC[N+](C)(C)C. The predicted molar refractivity (Wildman–Crippen MR) is 268 cm³/mol. The summed E-state index contributed by atoms with van der Waals surface area (Å²) in [5.74, 6) is -0.345. The molecule has 2 atom stereocenters. The van der Waals surface area contributed by atoms with Crippen molar-refractivity contribution < 1.29 is 37.3 Å². The van der Waals surface area contributed by atoms with E-state index in [1.54, 1.807) is 0 Å². The van der Waals surface area contributed by atoms with Gasteiger partial charge in [0.2, 0.25) is 0 Å². The fourth-order valence-electron chi connectivity index (χ4n) is 7.51. The monoisotopic (exact) mass is 910 g/mol. The molecule has 0 aromatic rings. The summed E-state index contributed by atoms with van der Waals surface area (Å²) in [6.07, 6.45) is 57.5. The molecular weight excluding hydrogens is 806 g/mol. The first-order valence-electron chi connectivity index (χ1n) is 26.7. The van der Waals surface area contributed by atoms with Crippen molar-refractivity contribution in [2.75, 3.05) is 54.1 Å². The van der Waals surface area contributed by atoms with Crippen LogP contribution in [0.2, 0.25) is 0 Å². The molecule has 0 aromatic heterocycles. The van der Waals surface area contributed by atoms with Crippen LogP contribution >= 0.6 is 7.82 Å². The van der Waals surface area contributed by atoms with Gasteiger partial charge >= 0.3 is 5.97 Å². The highest BCUT2D eigenvalue weighted by Crippen LogP contribution is 2.38. The van der Waals surface area contributed by atoms with Crippen LogP contribution in [-0.4, -0.2) is 70.7 Å². The topological polar surface area (TPSA) is 94.1 Å². The molecule has 0 heterocycles. The van der Waals surface area contributed by atoms with Crippen LogP contribution in [0.3, 0.4) is 0 Å². The Hall–Kier alpha value is -1.28. The quantitative estimate of drug-likeness (QED) is 0.0197. The number of rotatable bonds is 50. The number of carbonyl (C=O) groups is 1. The standard InChI is InChI=1S/C54H104NO7P/c1-6-8-10-12-14-16-18-20-22-23-24-25-26-27-28-29-30-31-32-34-36-38-40-42-44-46-49-59-51-53(52-61-63(57,58)60-50-48-55(3,4)5)62-54(56)47-45-43-41-39-37-35-33-21-19-17-15-13-11-9-7-2/h15,17,21,23-24,33,53H,6-14,16,18-20,22,25-32,34-52H2,1-5H3/b17-15-,24-23-,33-21-. The summed E-state index contributed by atoms with van der Waals surface area (Å²) in [6.45, 7) is 5.40. The molecule has 0 amide bonds. The van der Waals surface area contributed by atoms with Gasteiger partial charge in [-0.2, -0.15) is 0 Å². The maximum Gasteiger partial charge on any atom is 0.306 e. The van der Waals surface area contributed by atoms with Crippen molar-refractivity contribution in [1.82, 2.24) is 0 Å². The van der Waals surface area contributed by atoms with E-state index in [-0.39, 0.29) is 25.8 Å². The van der Waals surface area contributed by atoms with Gasteiger partial charge in [-0.25, -0.2) is 0 Å². The molecule has 0 bridgehead atoms. The summed E-state index contributed by atoms with van der Waals surface area (Å²) >= 11 is 0. The Morgan fingerprint density at radius 1 is 0.492 bits per heavy atom. The van der Waals surface area contributed by atoms with E-state index in [9.17, 15) is 14.3 Å². The second-order valence-corrected chi connectivity index (χ2v) is 20.6. The fourth-order valence-corrected chi connectivity index (χ4v) is 8.24. The molecule has 0 radical (unpaired) electrons. The number of unbranched alkanes of at least 4 members (excludes halogenated alkanes) is 30. The van der Waals surface area contributed by atoms with Crippen LogP contribution in [-0.2, 0) is 27.9 Å². The van der Waals surface area contributed by atoms with Crippen molar-refractivity contribution in [2.45, 2.75) is 251 Å². The van der Waals surface area contributed by atoms with E-state index in [0.717, 1.165) is 57.8 Å². The molecule has 0 saturated carbocycles. The molecule has 372 valence electrons. The zero-order valence-electron chi connectivity index (χ0n) is 42.3. The molecule has 0 aliphatic carbocycles. The van der Waals surface area contributed by atoms with Crippen LogP contribution < -0.4 is 4.89 Å². The summed E-state index contributed by atoms with van der Waals surface area (Å²) in [6, 6.07) is 0. The van der Waals surface area contributed by atoms with Gasteiger partial charge in [0.1, 0.15) is 19.3 Å².